The third-order valence-corrected chi connectivity index (χ3v) is 6.07. The van der Waals surface area contributed by atoms with E-state index in [9.17, 15) is 14.0 Å². The number of benzene rings is 2. The first-order chi connectivity index (χ1) is 15.9. The first-order valence-electron chi connectivity index (χ1n) is 10.2. The number of hydrogen-bond acceptors (Lipinski definition) is 5. The van der Waals surface area contributed by atoms with Crippen LogP contribution in [0, 0.1) is 5.82 Å². The van der Waals surface area contributed by atoms with Gasteiger partial charge in [-0.1, -0.05) is 23.7 Å². The summed E-state index contributed by atoms with van der Waals surface area (Å²) in [6.45, 7) is 0.581. The minimum absolute atomic E-state index is 0.00207. The zero-order valence-corrected chi connectivity index (χ0v) is 18.4. The zero-order chi connectivity index (χ0) is 23.1. The maximum Gasteiger partial charge on any atom is 0.266 e. The fourth-order valence-corrected chi connectivity index (χ4v) is 4.17. The number of methoxy groups -OCH3 is 1. The van der Waals surface area contributed by atoms with Crippen LogP contribution in [0.15, 0.2) is 48.7 Å². The highest BCUT2D eigenvalue weighted by molar-refractivity contribution is 6.31. The van der Waals surface area contributed by atoms with Crippen LogP contribution in [0.1, 0.15) is 11.1 Å². The molecule has 0 saturated carbocycles. The number of nitrogens with zero attached hydrogens (tertiary/aromatic N) is 3. The van der Waals surface area contributed by atoms with Gasteiger partial charge in [0, 0.05) is 24.8 Å². The number of pyridine rings is 1. The van der Waals surface area contributed by atoms with E-state index in [1.54, 1.807) is 30.3 Å². The number of ether oxygens (including phenoxy) is 2. The second-order valence-electron chi connectivity index (χ2n) is 7.83. The summed E-state index contributed by atoms with van der Waals surface area (Å²) in [5.41, 5.74) is 3.39. The van der Waals surface area contributed by atoms with Gasteiger partial charge in [-0.05, 0) is 47.0 Å². The molecule has 0 saturated heterocycles. The van der Waals surface area contributed by atoms with E-state index in [0.29, 0.717) is 30.0 Å². The summed E-state index contributed by atoms with van der Waals surface area (Å²) in [7, 11) is 1.60. The summed E-state index contributed by atoms with van der Waals surface area (Å²) in [5.74, 6) is 0.328. The molecule has 0 N–H and O–H groups in total. The van der Waals surface area contributed by atoms with Gasteiger partial charge in [0.2, 0.25) is 5.91 Å². The van der Waals surface area contributed by atoms with Crippen molar-refractivity contribution in [2.75, 3.05) is 25.2 Å². The lowest BCUT2D eigenvalue weighted by Crippen LogP contribution is -2.45. The largest absolute Gasteiger partial charge is 0.497 e. The fourth-order valence-electron chi connectivity index (χ4n) is 3.99. The Morgan fingerprint density at radius 2 is 1.97 bits per heavy atom. The minimum atomic E-state index is -0.514. The Labute approximate surface area is 194 Å². The Morgan fingerprint density at radius 1 is 1.15 bits per heavy atom. The highest BCUT2D eigenvalue weighted by Crippen LogP contribution is 2.35. The van der Waals surface area contributed by atoms with Gasteiger partial charge in [0.1, 0.15) is 18.1 Å². The lowest BCUT2D eigenvalue weighted by Gasteiger charge is -2.29. The van der Waals surface area contributed by atoms with Crippen LogP contribution in [0.4, 0.5) is 10.2 Å². The number of amides is 2. The van der Waals surface area contributed by atoms with Gasteiger partial charge in [0.15, 0.2) is 18.2 Å². The normalized spacial score (nSPS) is 14.6. The van der Waals surface area contributed by atoms with Crippen molar-refractivity contribution < 1.29 is 23.5 Å². The molecule has 2 amide bonds. The molecule has 5 rings (SSSR count). The predicted octanol–water partition coefficient (Wildman–Crippen LogP) is 3.82. The first kappa shape index (κ1) is 21.2. The van der Waals surface area contributed by atoms with Crippen LogP contribution in [0.2, 0.25) is 5.02 Å². The molecule has 2 aliphatic rings. The Hall–Kier alpha value is -3.65. The Bertz CT molecular complexity index is 1280. The molecule has 0 unspecified atom stereocenters. The van der Waals surface area contributed by atoms with E-state index in [1.165, 1.54) is 17.0 Å². The van der Waals surface area contributed by atoms with Crippen molar-refractivity contribution in [2.24, 2.45) is 0 Å². The van der Waals surface area contributed by atoms with Gasteiger partial charge < -0.3 is 14.4 Å². The number of rotatable bonds is 4. The van der Waals surface area contributed by atoms with E-state index in [1.807, 2.05) is 18.2 Å². The quantitative estimate of drug-likeness (QED) is 0.583. The molecule has 2 aromatic carbocycles. The van der Waals surface area contributed by atoms with Crippen LogP contribution in [0.25, 0.3) is 11.1 Å². The highest BCUT2D eigenvalue weighted by atomic mass is 35.5. The molecule has 9 heteroatoms. The summed E-state index contributed by atoms with van der Waals surface area (Å²) in [6.07, 6.45) is 1.54. The van der Waals surface area contributed by atoms with Crippen LogP contribution in [0.3, 0.4) is 0 Å². The number of carbonyl (C=O) groups is 2. The van der Waals surface area contributed by atoms with Crippen molar-refractivity contribution >= 4 is 29.2 Å². The Balaban J connectivity index is 1.36. The van der Waals surface area contributed by atoms with Gasteiger partial charge in [0.25, 0.3) is 5.91 Å². The van der Waals surface area contributed by atoms with Crippen LogP contribution in [-0.2, 0) is 22.7 Å². The lowest BCUT2D eigenvalue weighted by molar-refractivity contribution is -0.132. The summed E-state index contributed by atoms with van der Waals surface area (Å²) < 4.78 is 24.3. The Morgan fingerprint density at radius 3 is 2.76 bits per heavy atom. The van der Waals surface area contributed by atoms with Crippen molar-refractivity contribution in [3.63, 3.8) is 0 Å². The monoisotopic (exact) mass is 467 g/mol. The number of hydrogen-bond donors (Lipinski definition) is 0. The van der Waals surface area contributed by atoms with Gasteiger partial charge >= 0.3 is 0 Å². The maximum absolute atomic E-state index is 13.5. The lowest BCUT2D eigenvalue weighted by atomic mass is 10.1. The third-order valence-electron chi connectivity index (χ3n) is 5.78. The molecule has 0 aliphatic carbocycles. The van der Waals surface area contributed by atoms with E-state index < -0.39 is 5.82 Å². The highest BCUT2D eigenvalue weighted by Gasteiger charge is 2.32. The average Bonchev–Trinajstić information content (AvgIpc) is 3.26. The van der Waals surface area contributed by atoms with Crippen LogP contribution >= 0.6 is 11.6 Å². The molecule has 0 bridgehead atoms. The molecule has 168 valence electrons. The molecule has 1 aromatic heterocycles. The summed E-state index contributed by atoms with van der Waals surface area (Å²) >= 11 is 5.89. The summed E-state index contributed by atoms with van der Waals surface area (Å²) in [4.78, 5) is 33.0. The van der Waals surface area contributed by atoms with Crippen molar-refractivity contribution in [3.8, 4) is 22.6 Å². The molecule has 0 fully saturated rings. The van der Waals surface area contributed by atoms with Gasteiger partial charge in [-0.3, -0.25) is 14.5 Å². The minimum Gasteiger partial charge on any atom is -0.497 e. The number of fused-ring (bicyclic) bond motifs is 2. The predicted molar refractivity (Wildman–Crippen MR) is 120 cm³/mol. The van der Waals surface area contributed by atoms with Crippen LogP contribution in [0.5, 0.6) is 11.5 Å². The van der Waals surface area contributed by atoms with E-state index in [4.69, 9.17) is 21.1 Å². The molecule has 7 nitrogen and oxygen atoms in total. The van der Waals surface area contributed by atoms with Crippen molar-refractivity contribution in [3.05, 3.63) is 70.6 Å². The second-order valence-corrected chi connectivity index (χ2v) is 8.23. The second kappa shape index (κ2) is 8.37. The molecule has 0 radical (unpaired) electrons. The first-order valence-corrected chi connectivity index (χ1v) is 10.6. The van der Waals surface area contributed by atoms with Gasteiger partial charge in [-0.25, -0.2) is 9.37 Å². The number of carbonyl (C=O) groups excluding carboxylic acids is 2. The van der Waals surface area contributed by atoms with E-state index in [2.05, 4.69) is 4.98 Å². The number of anilines is 1. The standard InChI is InChI=1S/C24H19ClFN3O4/c1-32-18-4-2-15-10-28(11-17(15)6-18)22(30)12-29-23(31)13-33-21-8-16(9-27-24(21)29)14-3-5-20(26)19(25)7-14/h2-9H,10-13H2,1H3. The zero-order valence-electron chi connectivity index (χ0n) is 17.7. The van der Waals surface area contributed by atoms with Crippen molar-refractivity contribution in [1.29, 1.82) is 0 Å². The van der Waals surface area contributed by atoms with Crippen molar-refractivity contribution in [2.45, 2.75) is 13.1 Å². The SMILES string of the molecule is COc1ccc2c(c1)CN(C(=O)CN1C(=O)COc3cc(-c4ccc(F)c(Cl)c4)cnc31)C2. The average molecular weight is 468 g/mol. The van der Waals surface area contributed by atoms with Gasteiger partial charge in [-0.15, -0.1) is 0 Å². The summed E-state index contributed by atoms with van der Waals surface area (Å²) in [6, 6.07) is 11.8. The molecule has 33 heavy (non-hydrogen) atoms. The Kier molecular flexibility index (Phi) is 5.38. The van der Waals surface area contributed by atoms with E-state index in [0.717, 1.165) is 16.9 Å². The molecule has 0 atom stereocenters. The van der Waals surface area contributed by atoms with Crippen molar-refractivity contribution in [1.82, 2.24) is 9.88 Å². The van der Waals surface area contributed by atoms with E-state index in [-0.39, 0.29) is 35.8 Å². The van der Waals surface area contributed by atoms with Gasteiger partial charge in [-0.2, -0.15) is 0 Å². The molecular weight excluding hydrogens is 449 g/mol. The number of aromatic nitrogens is 1. The van der Waals surface area contributed by atoms with Gasteiger partial charge in [0.05, 0.1) is 12.1 Å². The molecule has 3 aromatic rings. The van der Waals surface area contributed by atoms with E-state index >= 15 is 0 Å². The molecule has 0 spiro atoms. The van der Waals surface area contributed by atoms with Crippen LogP contribution < -0.4 is 14.4 Å². The maximum atomic E-state index is 13.5. The third kappa shape index (κ3) is 3.98. The topological polar surface area (TPSA) is 72.0 Å². The van der Waals surface area contributed by atoms with Crippen LogP contribution in [-0.4, -0.2) is 42.0 Å². The number of halogens is 2. The smallest absolute Gasteiger partial charge is 0.266 e. The summed E-state index contributed by atoms with van der Waals surface area (Å²) in [5, 5.41) is -0.00207. The molecule has 2 aliphatic heterocycles. The fraction of sp³-hybridized carbons (Fsp3) is 0.208. The molecular formula is C24H19ClFN3O4. The molecule has 3 heterocycles.